The first-order valence-corrected chi connectivity index (χ1v) is 8.04. The standard InChI is InChI=1S/C19H18F3NO/c20-13-7-5-12(6-8-13)19(15-3-1-2-4-18(15)24)23-17-10-9-14(21)11-16(17)22/h5-11,15,19,23H,1-4H2/t15-,19+/m1/s1. The van der Waals surface area contributed by atoms with Gasteiger partial charge < -0.3 is 5.32 Å². The molecule has 1 aliphatic carbocycles. The van der Waals surface area contributed by atoms with E-state index in [0.717, 1.165) is 25.0 Å². The molecule has 24 heavy (non-hydrogen) atoms. The maximum absolute atomic E-state index is 14.0. The lowest BCUT2D eigenvalue weighted by molar-refractivity contribution is -0.125. The zero-order valence-corrected chi connectivity index (χ0v) is 13.1. The smallest absolute Gasteiger partial charge is 0.149 e. The van der Waals surface area contributed by atoms with Crippen molar-refractivity contribution in [2.75, 3.05) is 5.32 Å². The molecule has 0 aromatic heterocycles. The molecule has 3 rings (SSSR count). The van der Waals surface area contributed by atoms with Gasteiger partial charge in [0.1, 0.15) is 23.2 Å². The summed E-state index contributed by atoms with van der Waals surface area (Å²) in [6.07, 6.45) is 2.96. The number of nitrogens with one attached hydrogen (secondary N) is 1. The summed E-state index contributed by atoms with van der Waals surface area (Å²) in [6, 6.07) is 8.62. The van der Waals surface area contributed by atoms with E-state index < -0.39 is 17.7 Å². The molecule has 2 atom stereocenters. The Morgan fingerprint density at radius 2 is 1.67 bits per heavy atom. The molecular formula is C19H18F3NO. The van der Waals surface area contributed by atoms with Gasteiger partial charge in [0.25, 0.3) is 0 Å². The van der Waals surface area contributed by atoms with Crippen molar-refractivity contribution in [3.63, 3.8) is 0 Å². The van der Waals surface area contributed by atoms with E-state index in [-0.39, 0.29) is 23.2 Å². The summed E-state index contributed by atoms with van der Waals surface area (Å²) in [5.41, 5.74) is 0.837. The Morgan fingerprint density at radius 1 is 0.958 bits per heavy atom. The Labute approximate surface area is 138 Å². The van der Waals surface area contributed by atoms with Crippen molar-refractivity contribution >= 4 is 11.5 Å². The molecule has 2 nitrogen and oxygen atoms in total. The monoisotopic (exact) mass is 333 g/mol. The quantitative estimate of drug-likeness (QED) is 0.851. The molecule has 5 heteroatoms. The van der Waals surface area contributed by atoms with Gasteiger partial charge >= 0.3 is 0 Å². The number of hydrogen-bond acceptors (Lipinski definition) is 2. The topological polar surface area (TPSA) is 29.1 Å². The molecule has 0 heterocycles. The van der Waals surface area contributed by atoms with Crippen LogP contribution in [0.2, 0.25) is 0 Å². The van der Waals surface area contributed by atoms with Gasteiger partial charge in [0, 0.05) is 18.4 Å². The van der Waals surface area contributed by atoms with E-state index >= 15 is 0 Å². The maximum Gasteiger partial charge on any atom is 0.149 e. The second-order valence-electron chi connectivity index (χ2n) is 6.12. The highest BCUT2D eigenvalue weighted by Gasteiger charge is 2.31. The van der Waals surface area contributed by atoms with Gasteiger partial charge in [-0.3, -0.25) is 4.79 Å². The van der Waals surface area contributed by atoms with E-state index in [1.54, 1.807) is 12.1 Å². The van der Waals surface area contributed by atoms with Crippen molar-refractivity contribution in [1.82, 2.24) is 0 Å². The maximum atomic E-state index is 14.0. The molecule has 0 spiro atoms. The molecule has 0 amide bonds. The van der Waals surface area contributed by atoms with Crippen LogP contribution in [0.15, 0.2) is 42.5 Å². The average molecular weight is 333 g/mol. The summed E-state index contributed by atoms with van der Waals surface area (Å²) in [7, 11) is 0. The number of hydrogen-bond donors (Lipinski definition) is 1. The third kappa shape index (κ3) is 3.61. The third-order valence-corrected chi connectivity index (χ3v) is 4.48. The molecular weight excluding hydrogens is 315 g/mol. The van der Waals surface area contributed by atoms with Gasteiger partial charge in [-0.15, -0.1) is 0 Å². The zero-order chi connectivity index (χ0) is 17.1. The molecule has 0 bridgehead atoms. The second kappa shape index (κ2) is 7.07. The number of ketones is 1. The van der Waals surface area contributed by atoms with Crippen LogP contribution in [-0.2, 0) is 4.79 Å². The van der Waals surface area contributed by atoms with Crippen molar-refractivity contribution in [1.29, 1.82) is 0 Å². The summed E-state index contributed by atoms with van der Waals surface area (Å²) >= 11 is 0. The first-order chi connectivity index (χ1) is 11.5. The SMILES string of the molecule is O=C1CCCC[C@H]1[C@@H](Nc1ccc(F)cc1F)c1ccc(F)cc1. The number of carbonyl (C=O) groups is 1. The third-order valence-electron chi connectivity index (χ3n) is 4.48. The van der Waals surface area contributed by atoms with Gasteiger partial charge in [-0.1, -0.05) is 18.6 Å². The highest BCUT2D eigenvalue weighted by molar-refractivity contribution is 5.83. The van der Waals surface area contributed by atoms with Crippen LogP contribution < -0.4 is 5.32 Å². The van der Waals surface area contributed by atoms with Gasteiger partial charge in [-0.25, -0.2) is 13.2 Å². The van der Waals surface area contributed by atoms with E-state index in [9.17, 15) is 18.0 Å². The summed E-state index contributed by atoms with van der Waals surface area (Å²) in [6.45, 7) is 0. The summed E-state index contributed by atoms with van der Waals surface area (Å²) in [5.74, 6) is -1.95. The summed E-state index contributed by atoms with van der Waals surface area (Å²) < 4.78 is 40.3. The minimum atomic E-state index is -0.717. The van der Waals surface area contributed by atoms with Gasteiger partial charge in [0.15, 0.2) is 0 Å². The van der Waals surface area contributed by atoms with Crippen LogP contribution in [0.4, 0.5) is 18.9 Å². The molecule has 0 unspecified atom stereocenters. The fourth-order valence-electron chi connectivity index (χ4n) is 3.22. The van der Waals surface area contributed by atoms with E-state index in [1.165, 1.54) is 18.2 Å². The van der Waals surface area contributed by atoms with Crippen LogP contribution in [-0.4, -0.2) is 5.78 Å². The predicted molar refractivity (Wildman–Crippen MR) is 86.1 cm³/mol. The molecule has 0 radical (unpaired) electrons. The molecule has 1 fully saturated rings. The normalized spacial score (nSPS) is 19.1. The molecule has 0 saturated heterocycles. The lowest BCUT2D eigenvalue weighted by Gasteiger charge is -2.31. The van der Waals surface area contributed by atoms with Crippen LogP contribution in [0.1, 0.15) is 37.3 Å². The molecule has 1 aliphatic rings. The highest BCUT2D eigenvalue weighted by Crippen LogP contribution is 2.35. The van der Waals surface area contributed by atoms with Gasteiger partial charge in [0.2, 0.25) is 0 Å². The van der Waals surface area contributed by atoms with Gasteiger partial charge in [-0.2, -0.15) is 0 Å². The van der Waals surface area contributed by atoms with Crippen LogP contribution >= 0.6 is 0 Å². The highest BCUT2D eigenvalue weighted by atomic mass is 19.1. The number of rotatable bonds is 4. The van der Waals surface area contributed by atoms with Crippen molar-refractivity contribution in [2.45, 2.75) is 31.7 Å². The predicted octanol–water partition coefficient (Wildman–Crippen LogP) is 5.02. The fraction of sp³-hybridized carbons (Fsp3) is 0.316. The number of halogens is 3. The Balaban J connectivity index is 1.94. The molecule has 126 valence electrons. The van der Waals surface area contributed by atoms with Crippen molar-refractivity contribution in [3.05, 3.63) is 65.5 Å². The van der Waals surface area contributed by atoms with Crippen molar-refractivity contribution in [2.24, 2.45) is 5.92 Å². The lowest BCUT2D eigenvalue weighted by atomic mass is 9.80. The largest absolute Gasteiger partial charge is 0.375 e. The second-order valence-corrected chi connectivity index (χ2v) is 6.12. The van der Waals surface area contributed by atoms with Crippen LogP contribution in [0.5, 0.6) is 0 Å². The summed E-state index contributed by atoms with van der Waals surface area (Å²) in [5, 5.41) is 3.03. The van der Waals surface area contributed by atoms with Crippen LogP contribution in [0, 0.1) is 23.4 Å². The first-order valence-electron chi connectivity index (χ1n) is 8.04. The lowest BCUT2D eigenvalue weighted by Crippen LogP contribution is -2.30. The van der Waals surface area contributed by atoms with Crippen molar-refractivity contribution in [3.8, 4) is 0 Å². The Kier molecular flexibility index (Phi) is 4.88. The number of anilines is 1. The Morgan fingerprint density at radius 3 is 2.33 bits per heavy atom. The molecule has 1 N–H and O–H groups in total. The molecule has 2 aromatic rings. The molecule has 0 aliphatic heterocycles. The zero-order valence-electron chi connectivity index (χ0n) is 13.1. The van der Waals surface area contributed by atoms with E-state index in [1.807, 2.05) is 0 Å². The first kappa shape index (κ1) is 16.6. The molecule has 2 aromatic carbocycles. The average Bonchev–Trinajstić information content (AvgIpc) is 2.56. The van der Waals surface area contributed by atoms with Gasteiger partial charge in [0.05, 0.1) is 11.7 Å². The van der Waals surface area contributed by atoms with E-state index in [2.05, 4.69) is 5.32 Å². The van der Waals surface area contributed by atoms with E-state index in [0.29, 0.717) is 18.4 Å². The molecule has 1 saturated carbocycles. The number of carbonyl (C=O) groups excluding carboxylic acids is 1. The Bertz CT molecular complexity index is 730. The minimum absolute atomic E-state index is 0.116. The fourth-order valence-corrected chi connectivity index (χ4v) is 3.22. The van der Waals surface area contributed by atoms with Crippen LogP contribution in [0.25, 0.3) is 0 Å². The van der Waals surface area contributed by atoms with E-state index in [4.69, 9.17) is 0 Å². The van der Waals surface area contributed by atoms with Crippen LogP contribution in [0.3, 0.4) is 0 Å². The number of Topliss-reactive ketones (excluding diaryl/α,β-unsaturated/α-hetero) is 1. The Hall–Kier alpha value is -2.30. The van der Waals surface area contributed by atoms with Crippen molar-refractivity contribution < 1.29 is 18.0 Å². The summed E-state index contributed by atoms with van der Waals surface area (Å²) in [4.78, 5) is 12.3. The van der Waals surface area contributed by atoms with Gasteiger partial charge in [-0.05, 0) is 42.7 Å². The number of benzene rings is 2. The minimum Gasteiger partial charge on any atom is -0.375 e.